The maximum absolute atomic E-state index is 12.9. The van der Waals surface area contributed by atoms with Crippen molar-refractivity contribution in [1.29, 1.82) is 0 Å². The molecule has 1 heterocycles. The molecule has 0 aliphatic rings. The predicted octanol–water partition coefficient (Wildman–Crippen LogP) is 6.64. The van der Waals surface area contributed by atoms with Gasteiger partial charge in [0.25, 0.3) is 0 Å². The van der Waals surface area contributed by atoms with Gasteiger partial charge in [-0.15, -0.1) is 0 Å². The summed E-state index contributed by atoms with van der Waals surface area (Å²) in [6.07, 6.45) is 0.219. The van der Waals surface area contributed by atoms with Crippen molar-refractivity contribution >= 4 is 7.60 Å². The SMILES string of the molecule is CCOP(=O)(Cc1ccc(-c2nc(-c3ccccc3)nc(-c3ccccc3)n2)cc1)OCC. The molecule has 0 atom stereocenters. The first-order valence-corrected chi connectivity index (χ1v) is 12.7. The van der Waals surface area contributed by atoms with Gasteiger partial charge >= 0.3 is 7.60 Å². The Bertz CT molecular complexity index is 1170. The largest absolute Gasteiger partial charge is 0.335 e. The van der Waals surface area contributed by atoms with Crippen LogP contribution in [0.4, 0.5) is 0 Å². The van der Waals surface area contributed by atoms with Crippen LogP contribution < -0.4 is 0 Å². The van der Waals surface area contributed by atoms with E-state index in [9.17, 15) is 4.57 Å². The van der Waals surface area contributed by atoms with E-state index in [1.807, 2.05) is 98.8 Å². The fraction of sp³-hybridized carbons (Fsp3) is 0.192. The second-order valence-corrected chi connectivity index (χ2v) is 9.39. The van der Waals surface area contributed by atoms with Gasteiger partial charge in [-0.2, -0.15) is 0 Å². The summed E-state index contributed by atoms with van der Waals surface area (Å²) in [5.74, 6) is 1.80. The number of benzene rings is 3. The van der Waals surface area contributed by atoms with Crippen LogP contribution in [0.5, 0.6) is 0 Å². The van der Waals surface area contributed by atoms with Crippen LogP contribution in [0.2, 0.25) is 0 Å². The zero-order chi connectivity index (χ0) is 23.1. The summed E-state index contributed by atoms with van der Waals surface area (Å²) in [6, 6.07) is 27.4. The van der Waals surface area contributed by atoms with Gasteiger partial charge in [0.1, 0.15) is 0 Å². The van der Waals surface area contributed by atoms with Crippen LogP contribution in [0.15, 0.2) is 84.9 Å². The van der Waals surface area contributed by atoms with Gasteiger partial charge in [-0.05, 0) is 19.4 Å². The lowest BCUT2D eigenvalue weighted by atomic mass is 10.1. The predicted molar refractivity (Wildman–Crippen MR) is 131 cm³/mol. The molecule has 3 aromatic carbocycles. The van der Waals surface area contributed by atoms with Gasteiger partial charge in [0, 0.05) is 16.7 Å². The van der Waals surface area contributed by atoms with Crippen molar-refractivity contribution in [2.45, 2.75) is 20.0 Å². The second kappa shape index (κ2) is 10.6. The van der Waals surface area contributed by atoms with Crippen LogP contribution in [0, 0.1) is 0 Å². The fourth-order valence-electron chi connectivity index (χ4n) is 3.44. The van der Waals surface area contributed by atoms with Crippen LogP contribution in [-0.4, -0.2) is 28.2 Å². The van der Waals surface area contributed by atoms with Crippen molar-refractivity contribution in [3.63, 3.8) is 0 Å². The number of hydrogen-bond acceptors (Lipinski definition) is 6. The monoisotopic (exact) mass is 459 g/mol. The lowest BCUT2D eigenvalue weighted by Crippen LogP contribution is -2.01. The van der Waals surface area contributed by atoms with Gasteiger partial charge in [-0.25, -0.2) is 15.0 Å². The molecule has 4 rings (SSSR count). The summed E-state index contributed by atoms with van der Waals surface area (Å²) < 4.78 is 23.7. The highest BCUT2D eigenvalue weighted by molar-refractivity contribution is 7.53. The standard InChI is InChI=1S/C26H26N3O3P/c1-3-31-33(30,32-4-2)19-20-15-17-23(18-16-20)26-28-24(21-11-7-5-8-12-21)27-25(29-26)22-13-9-6-10-14-22/h5-18H,3-4,19H2,1-2H3. The molecule has 0 bridgehead atoms. The van der Waals surface area contributed by atoms with Crippen LogP contribution in [0.1, 0.15) is 19.4 Å². The van der Waals surface area contributed by atoms with Gasteiger partial charge < -0.3 is 9.05 Å². The molecule has 1 aromatic heterocycles. The topological polar surface area (TPSA) is 74.2 Å². The zero-order valence-corrected chi connectivity index (χ0v) is 19.6. The summed E-state index contributed by atoms with van der Waals surface area (Å²) in [6.45, 7) is 4.30. The average Bonchev–Trinajstić information content (AvgIpc) is 2.85. The summed E-state index contributed by atoms with van der Waals surface area (Å²) in [4.78, 5) is 14.2. The van der Waals surface area contributed by atoms with E-state index in [0.717, 1.165) is 22.3 Å². The van der Waals surface area contributed by atoms with Gasteiger partial charge in [0.2, 0.25) is 0 Å². The second-order valence-electron chi connectivity index (χ2n) is 7.34. The van der Waals surface area contributed by atoms with Gasteiger partial charge in [0.15, 0.2) is 17.5 Å². The molecule has 6 nitrogen and oxygen atoms in total. The molecular weight excluding hydrogens is 433 g/mol. The van der Waals surface area contributed by atoms with Crippen molar-refractivity contribution in [2.75, 3.05) is 13.2 Å². The molecule has 4 aromatic rings. The lowest BCUT2D eigenvalue weighted by molar-refractivity contribution is 0.219. The van der Waals surface area contributed by atoms with Crippen molar-refractivity contribution in [2.24, 2.45) is 0 Å². The zero-order valence-electron chi connectivity index (χ0n) is 18.7. The fourth-order valence-corrected chi connectivity index (χ4v) is 5.14. The van der Waals surface area contributed by atoms with Crippen LogP contribution >= 0.6 is 7.60 Å². The summed E-state index contributed by atoms with van der Waals surface area (Å²) in [5.41, 5.74) is 3.55. The smallest absolute Gasteiger partial charge is 0.309 e. The molecule has 0 N–H and O–H groups in total. The van der Waals surface area contributed by atoms with E-state index in [0.29, 0.717) is 30.7 Å². The van der Waals surface area contributed by atoms with Crippen LogP contribution in [-0.2, 0) is 19.8 Å². The Hall–Kier alpha value is -3.18. The van der Waals surface area contributed by atoms with Gasteiger partial charge in [-0.3, -0.25) is 4.57 Å². The average molecular weight is 459 g/mol. The van der Waals surface area contributed by atoms with Gasteiger partial charge in [-0.1, -0.05) is 84.9 Å². The van der Waals surface area contributed by atoms with Crippen LogP contribution in [0.25, 0.3) is 34.2 Å². The third-order valence-corrected chi connectivity index (χ3v) is 6.99. The summed E-state index contributed by atoms with van der Waals surface area (Å²) >= 11 is 0. The molecule has 0 spiro atoms. The van der Waals surface area contributed by atoms with E-state index < -0.39 is 7.60 Å². The van der Waals surface area contributed by atoms with E-state index in [2.05, 4.69) is 0 Å². The maximum Gasteiger partial charge on any atom is 0.335 e. The molecule has 0 saturated carbocycles. The Morgan fingerprint density at radius 2 is 1.00 bits per heavy atom. The van der Waals surface area contributed by atoms with E-state index in [1.165, 1.54) is 0 Å². The van der Waals surface area contributed by atoms with Crippen molar-refractivity contribution < 1.29 is 13.6 Å². The van der Waals surface area contributed by atoms with E-state index in [-0.39, 0.29) is 6.16 Å². The molecule has 7 heteroatoms. The Labute approximate surface area is 194 Å². The molecular formula is C26H26N3O3P. The highest BCUT2D eigenvalue weighted by atomic mass is 31.2. The van der Waals surface area contributed by atoms with Crippen molar-refractivity contribution in [1.82, 2.24) is 15.0 Å². The molecule has 0 fully saturated rings. The van der Waals surface area contributed by atoms with E-state index in [4.69, 9.17) is 24.0 Å². The third kappa shape index (κ3) is 5.79. The number of rotatable bonds is 9. The van der Waals surface area contributed by atoms with Crippen LogP contribution in [0.3, 0.4) is 0 Å². The summed E-state index contributed by atoms with van der Waals surface area (Å²) in [5, 5.41) is 0. The molecule has 33 heavy (non-hydrogen) atoms. The molecule has 0 unspecified atom stereocenters. The quantitative estimate of drug-likeness (QED) is 0.261. The van der Waals surface area contributed by atoms with E-state index in [1.54, 1.807) is 0 Å². The molecule has 0 radical (unpaired) electrons. The van der Waals surface area contributed by atoms with Crippen molar-refractivity contribution in [3.05, 3.63) is 90.5 Å². The Morgan fingerprint density at radius 3 is 1.39 bits per heavy atom. The minimum Gasteiger partial charge on any atom is -0.309 e. The minimum atomic E-state index is -3.17. The van der Waals surface area contributed by atoms with Gasteiger partial charge in [0.05, 0.1) is 19.4 Å². The Morgan fingerprint density at radius 1 is 0.606 bits per heavy atom. The molecule has 168 valence electrons. The highest BCUT2D eigenvalue weighted by Crippen LogP contribution is 2.51. The molecule has 0 aliphatic heterocycles. The minimum absolute atomic E-state index is 0.219. The first kappa shape index (κ1) is 23.0. The first-order chi connectivity index (χ1) is 16.1. The highest BCUT2D eigenvalue weighted by Gasteiger charge is 2.24. The number of aromatic nitrogens is 3. The van der Waals surface area contributed by atoms with Crippen molar-refractivity contribution in [3.8, 4) is 34.2 Å². The first-order valence-electron chi connectivity index (χ1n) is 10.9. The maximum atomic E-state index is 12.9. The third-order valence-electron chi connectivity index (χ3n) is 4.94. The molecule has 0 saturated heterocycles. The van der Waals surface area contributed by atoms with E-state index >= 15 is 0 Å². The molecule has 0 aliphatic carbocycles. The number of hydrogen-bond donors (Lipinski definition) is 0. The Kier molecular flexibility index (Phi) is 7.40. The summed E-state index contributed by atoms with van der Waals surface area (Å²) in [7, 11) is -3.17. The molecule has 0 amide bonds. The number of nitrogens with zero attached hydrogens (tertiary/aromatic N) is 3. The normalized spacial score (nSPS) is 11.5. The Balaban J connectivity index is 1.70. The lowest BCUT2D eigenvalue weighted by Gasteiger charge is -2.17.